The second kappa shape index (κ2) is 9.34. The molecule has 1 amide bonds. The number of hydrogen-bond acceptors (Lipinski definition) is 5. The van der Waals surface area contributed by atoms with Crippen LogP contribution in [0, 0.1) is 23.0 Å². The molecule has 0 saturated carbocycles. The standard InChI is InChI=1S/C19H19F2N3O4S/c1-12(2)28-15-6-4-14(5-7-15)24-29(26,27)11-19(25)23-18(10-22)16-8-3-13(20)9-17(16)21/h3-9,12,18,24H,11H2,1-2H3,(H,23,25). The molecule has 0 aliphatic carbocycles. The van der Waals surface area contributed by atoms with Gasteiger partial charge in [-0.25, -0.2) is 17.2 Å². The van der Waals surface area contributed by atoms with Gasteiger partial charge in [-0.05, 0) is 44.2 Å². The van der Waals surface area contributed by atoms with Gasteiger partial charge in [0.15, 0.2) is 0 Å². The van der Waals surface area contributed by atoms with Crippen molar-refractivity contribution in [2.75, 3.05) is 10.5 Å². The van der Waals surface area contributed by atoms with Crippen LogP contribution < -0.4 is 14.8 Å². The van der Waals surface area contributed by atoms with Crippen molar-refractivity contribution in [1.29, 1.82) is 5.26 Å². The third-order valence-corrected chi connectivity index (χ3v) is 4.72. The van der Waals surface area contributed by atoms with Gasteiger partial charge in [-0.15, -0.1) is 0 Å². The summed E-state index contributed by atoms with van der Waals surface area (Å²) in [4.78, 5) is 12.0. The van der Waals surface area contributed by atoms with Crippen molar-refractivity contribution in [3.8, 4) is 11.8 Å². The molecule has 0 fully saturated rings. The first-order valence-electron chi connectivity index (χ1n) is 8.51. The smallest absolute Gasteiger partial charge is 0.241 e. The van der Waals surface area contributed by atoms with Gasteiger partial charge in [-0.3, -0.25) is 9.52 Å². The van der Waals surface area contributed by atoms with Gasteiger partial charge in [-0.1, -0.05) is 6.07 Å². The Morgan fingerprint density at radius 3 is 2.38 bits per heavy atom. The fourth-order valence-corrected chi connectivity index (χ4v) is 3.38. The highest BCUT2D eigenvalue weighted by atomic mass is 32.2. The van der Waals surface area contributed by atoms with Gasteiger partial charge in [0, 0.05) is 17.3 Å². The van der Waals surface area contributed by atoms with E-state index in [9.17, 15) is 22.0 Å². The molecule has 0 aliphatic rings. The highest BCUT2D eigenvalue weighted by Crippen LogP contribution is 2.19. The van der Waals surface area contributed by atoms with E-state index in [2.05, 4.69) is 10.0 Å². The molecule has 0 heterocycles. The summed E-state index contributed by atoms with van der Waals surface area (Å²) < 4.78 is 58.8. The molecule has 1 unspecified atom stereocenters. The van der Waals surface area contributed by atoms with Gasteiger partial charge in [0.1, 0.15) is 29.2 Å². The zero-order chi connectivity index (χ0) is 21.6. The van der Waals surface area contributed by atoms with Crippen molar-refractivity contribution in [2.45, 2.75) is 26.0 Å². The largest absolute Gasteiger partial charge is 0.491 e. The van der Waals surface area contributed by atoms with Crippen LogP contribution in [0.15, 0.2) is 42.5 Å². The van der Waals surface area contributed by atoms with E-state index in [4.69, 9.17) is 10.00 Å². The molecule has 0 bridgehead atoms. The number of nitriles is 1. The number of rotatable bonds is 8. The van der Waals surface area contributed by atoms with Gasteiger partial charge in [0.05, 0.1) is 12.2 Å². The molecule has 154 valence electrons. The molecule has 2 rings (SSSR count). The van der Waals surface area contributed by atoms with Crippen LogP contribution >= 0.6 is 0 Å². The number of carbonyl (C=O) groups is 1. The van der Waals surface area contributed by atoms with E-state index >= 15 is 0 Å². The summed E-state index contributed by atoms with van der Waals surface area (Å²) in [5.74, 6) is -3.32. The molecule has 2 N–H and O–H groups in total. The van der Waals surface area contributed by atoms with Crippen LogP contribution in [0.5, 0.6) is 5.75 Å². The molecule has 29 heavy (non-hydrogen) atoms. The van der Waals surface area contributed by atoms with Crippen LogP contribution in [0.4, 0.5) is 14.5 Å². The van der Waals surface area contributed by atoms with E-state index in [1.165, 1.54) is 12.1 Å². The van der Waals surface area contributed by atoms with Crippen molar-refractivity contribution in [3.05, 3.63) is 59.7 Å². The molecule has 0 spiro atoms. The maximum Gasteiger partial charge on any atom is 0.241 e. The number of hydrogen-bond donors (Lipinski definition) is 2. The monoisotopic (exact) mass is 423 g/mol. The Hall–Kier alpha value is -3.19. The number of nitrogens with one attached hydrogen (secondary N) is 2. The first-order chi connectivity index (χ1) is 13.6. The first-order valence-corrected chi connectivity index (χ1v) is 10.2. The fraction of sp³-hybridized carbons (Fsp3) is 0.263. The summed E-state index contributed by atoms with van der Waals surface area (Å²) in [6, 6.07) is 8.76. The zero-order valence-corrected chi connectivity index (χ0v) is 16.5. The molecule has 1 atom stereocenters. The number of ether oxygens (including phenoxy) is 1. The molecule has 0 saturated heterocycles. The van der Waals surface area contributed by atoms with Crippen molar-refractivity contribution in [1.82, 2.24) is 5.32 Å². The van der Waals surface area contributed by atoms with E-state index in [1.807, 2.05) is 13.8 Å². The van der Waals surface area contributed by atoms with E-state index < -0.39 is 39.4 Å². The summed E-state index contributed by atoms with van der Waals surface area (Å²) in [6.07, 6.45) is -0.0414. The van der Waals surface area contributed by atoms with E-state index in [1.54, 1.807) is 18.2 Å². The SMILES string of the molecule is CC(C)Oc1ccc(NS(=O)(=O)CC(=O)NC(C#N)c2ccc(F)cc2F)cc1. The minimum atomic E-state index is -4.09. The second-order valence-electron chi connectivity index (χ2n) is 6.35. The van der Waals surface area contributed by atoms with Gasteiger partial charge < -0.3 is 10.1 Å². The average molecular weight is 423 g/mol. The summed E-state index contributed by atoms with van der Waals surface area (Å²) in [6.45, 7) is 3.70. The number of anilines is 1. The maximum absolute atomic E-state index is 13.8. The molecule has 2 aromatic rings. The van der Waals surface area contributed by atoms with E-state index in [0.717, 1.165) is 12.1 Å². The Balaban J connectivity index is 2.01. The minimum Gasteiger partial charge on any atom is -0.491 e. The van der Waals surface area contributed by atoms with Crippen LogP contribution in [0.2, 0.25) is 0 Å². The predicted molar refractivity (Wildman–Crippen MR) is 102 cm³/mol. The van der Waals surface area contributed by atoms with Gasteiger partial charge in [0.25, 0.3) is 0 Å². The Morgan fingerprint density at radius 2 is 1.83 bits per heavy atom. The highest BCUT2D eigenvalue weighted by molar-refractivity contribution is 7.93. The summed E-state index contributed by atoms with van der Waals surface area (Å²) >= 11 is 0. The predicted octanol–water partition coefficient (Wildman–Crippen LogP) is 2.87. The lowest BCUT2D eigenvalue weighted by molar-refractivity contribution is -0.119. The number of amides is 1. The van der Waals surface area contributed by atoms with Gasteiger partial charge in [0.2, 0.25) is 15.9 Å². The fourth-order valence-electron chi connectivity index (χ4n) is 2.38. The van der Waals surface area contributed by atoms with Gasteiger partial charge in [-0.2, -0.15) is 5.26 Å². The third kappa shape index (κ3) is 6.73. The third-order valence-electron chi connectivity index (χ3n) is 3.53. The molecule has 7 nitrogen and oxygen atoms in total. The van der Waals surface area contributed by atoms with Crippen LogP contribution in [0.25, 0.3) is 0 Å². The molecule has 0 aliphatic heterocycles. The number of halogens is 2. The van der Waals surface area contributed by atoms with Crippen LogP contribution in [0.3, 0.4) is 0 Å². The normalized spacial score (nSPS) is 12.1. The Morgan fingerprint density at radius 1 is 1.17 bits per heavy atom. The number of carbonyl (C=O) groups excluding carboxylic acids is 1. The van der Waals surface area contributed by atoms with E-state index in [-0.39, 0.29) is 17.4 Å². The van der Waals surface area contributed by atoms with Crippen LogP contribution in [0.1, 0.15) is 25.5 Å². The molecule has 2 aromatic carbocycles. The summed E-state index contributed by atoms with van der Waals surface area (Å²) in [5, 5.41) is 11.3. The number of benzene rings is 2. The molecular weight excluding hydrogens is 404 g/mol. The lowest BCUT2D eigenvalue weighted by Crippen LogP contribution is -2.35. The van der Waals surface area contributed by atoms with E-state index in [0.29, 0.717) is 11.8 Å². The number of nitrogens with zero attached hydrogens (tertiary/aromatic N) is 1. The second-order valence-corrected chi connectivity index (χ2v) is 8.07. The topological polar surface area (TPSA) is 108 Å². The highest BCUT2D eigenvalue weighted by Gasteiger charge is 2.22. The Kier molecular flexibility index (Phi) is 7.12. The minimum absolute atomic E-state index is 0.0414. The van der Waals surface area contributed by atoms with Gasteiger partial charge >= 0.3 is 0 Å². The average Bonchev–Trinajstić information content (AvgIpc) is 2.60. The van der Waals surface area contributed by atoms with Crippen molar-refractivity contribution in [3.63, 3.8) is 0 Å². The lowest BCUT2D eigenvalue weighted by atomic mass is 10.1. The first kappa shape index (κ1) is 22.1. The quantitative estimate of drug-likeness (QED) is 0.679. The lowest BCUT2D eigenvalue weighted by Gasteiger charge is -2.14. The molecule has 0 aromatic heterocycles. The Bertz CT molecular complexity index is 1020. The summed E-state index contributed by atoms with van der Waals surface area (Å²) in [5.41, 5.74) is -0.0522. The molecule has 10 heteroatoms. The van der Waals surface area contributed by atoms with Crippen LogP contribution in [-0.4, -0.2) is 26.2 Å². The molecular formula is C19H19F2N3O4S. The molecule has 0 radical (unpaired) electrons. The van der Waals surface area contributed by atoms with Crippen LogP contribution in [-0.2, 0) is 14.8 Å². The van der Waals surface area contributed by atoms with Crippen molar-refractivity contribution in [2.24, 2.45) is 0 Å². The van der Waals surface area contributed by atoms with Crippen molar-refractivity contribution < 1.29 is 26.7 Å². The zero-order valence-electron chi connectivity index (χ0n) is 15.6. The number of sulfonamides is 1. The summed E-state index contributed by atoms with van der Waals surface area (Å²) in [7, 11) is -4.09. The maximum atomic E-state index is 13.8. The van der Waals surface area contributed by atoms with Crippen molar-refractivity contribution >= 4 is 21.6 Å². The Labute approximate surface area is 167 Å².